The number of hydrogen-bond donors (Lipinski definition) is 2. The fourth-order valence-electron chi connectivity index (χ4n) is 1.62. The van der Waals surface area contributed by atoms with Crippen molar-refractivity contribution in [3.8, 4) is 0 Å². The lowest BCUT2D eigenvalue weighted by Crippen LogP contribution is -2.36. The van der Waals surface area contributed by atoms with E-state index in [0.29, 0.717) is 11.0 Å². The average molecular weight is 302 g/mol. The van der Waals surface area contributed by atoms with Crippen molar-refractivity contribution in [1.82, 2.24) is 0 Å². The molecular weight excluding hydrogens is 290 g/mol. The maximum absolute atomic E-state index is 12.6. The molecule has 0 aliphatic rings. The molecule has 114 valence electrons. The number of nitrogens with zero attached hydrogens (tertiary/aromatic N) is 1. The fraction of sp³-hybridized carbons (Fsp3) is 0.455. The predicted molar refractivity (Wildman–Crippen MR) is 61.2 cm³/mol. The number of nitrogens with two attached hydrogens (primary N) is 1. The Hall–Kier alpha value is -1.64. The van der Waals surface area contributed by atoms with Gasteiger partial charge in [0.2, 0.25) is 0 Å². The van der Waals surface area contributed by atoms with E-state index in [2.05, 4.69) is 0 Å². The van der Waals surface area contributed by atoms with Crippen LogP contribution >= 0.6 is 0 Å². The smallest absolute Gasteiger partial charge is 0.398 e. The molecule has 0 saturated carbocycles. The molecule has 0 aliphatic carbocycles. The van der Waals surface area contributed by atoms with Crippen LogP contribution in [0.25, 0.3) is 0 Å². The molecule has 3 N–H and O–H groups in total. The monoisotopic (exact) mass is 302 g/mol. The van der Waals surface area contributed by atoms with Crippen LogP contribution in [0.5, 0.6) is 0 Å². The molecule has 0 bridgehead atoms. The molecule has 1 rings (SSSR count). The second-order valence-electron chi connectivity index (χ2n) is 4.03. The maximum atomic E-state index is 12.6. The van der Waals surface area contributed by atoms with E-state index < -0.39 is 43.3 Å². The van der Waals surface area contributed by atoms with Crippen molar-refractivity contribution < 1.29 is 31.4 Å². The standard InChI is InChI=1S/C11H12F6N2O/c12-10(13,14)6-19(3-4-20)7-1-2-9(18)8(5-7)11(15,16)17/h1-2,5,20H,3-4,6,18H2. The van der Waals surface area contributed by atoms with E-state index >= 15 is 0 Å². The lowest BCUT2D eigenvalue weighted by Gasteiger charge is -2.26. The van der Waals surface area contributed by atoms with Gasteiger partial charge in [0.1, 0.15) is 6.54 Å². The second-order valence-corrected chi connectivity index (χ2v) is 4.03. The molecule has 0 unspecified atom stereocenters. The van der Waals surface area contributed by atoms with Gasteiger partial charge in [-0.2, -0.15) is 26.3 Å². The third-order valence-electron chi connectivity index (χ3n) is 2.45. The quantitative estimate of drug-likeness (QED) is 0.664. The summed E-state index contributed by atoms with van der Waals surface area (Å²) in [4.78, 5) is 0.606. The number of aliphatic hydroxyl groups is 1. The Bertz CT molecular complexity index is 457. The van der Waals surface area contributed by atoms with Crippen LogP contribution in [0.3, 0.4) is 0 Å². The number of hydrogen-bond acceptors (Lipinski definition) is 3. The molecule has 0 heterocycles. The summed E-state index contributed by atoms with van der Waals surface area (Å²) >= 11 is 0. The molecule has 0 radical (unpaired) electrons. The van der Waals surface area contributed by atoms with Crippen molar-refractivity contribution in [2.75, 3.05) is 30.3 Å². The SMILES string of the molecule is Nc1ccc(N(CCO)CC(F)(F)F)cc1C(F)(F)F. The molecule has 9 heteroatoms. The molecule has 1 aromatic carbocycles. The highest BCUT2D eigenvalue weighted by molar-refractivity contribution is 5.59. The van der Waals surface area contributed by atoms with Gasteiger partial charge in [-0.3, -0.25) is 0 Å². The van der Waals surface area contributed by atoms with Crippen molar-refractivity contribution in [1.29, 1.82) is 0 Å². The van der Waals surface area contributed by atoms with Gasteiger partial charge in [0, 0.05) is 17.9 Å². The van der Waals surface area contributed by atoms with E-state index in [4.69, 9.17) is 10.8 Å². The first-order chi connectivity index (χ1) is 9.04. The van der Waals surface area contributed by atoms with E-state index in [0.717, 1.165) is 12.1 Å². The summed E-state index contributed by atoms with van der Waals surface area (Å²) < 4.78 is 75.0. The Morgan fingerprint density at radius 3 is 2.15 bits per heavy atom. The first kappa shape index (κ1) is 16.4. The fourth-order valence-corrected chi connectivity index (χ4v) is 1.62. The van der Waals surface area contributed by atoms with Crippen LogP contribution in [0.2, 0.25) is 0 Å². The van der Waals surface area contributed by atoms with Crippen LogP contribution in [-0.2, 0) is 6.18 Å². The van der Waals surface area contributed by atoms with Gasteiger partial charge in [0.25, 0.3) is 0 Å². The molecule has 0 fully saturated rings. The largest absolute Gasteiger partial charge is 0.418 e. The van der Waals surface area contributed by atoms with Crippen LogP contribution in [0.4, 0.5) is 37.7 Å². The molecular formula is C11H12F6N2O. The highest BCUT2D eigenvalue weighted by atomic mass is 19.4. The van der Waals surface area contributed by atoms with E-state index in [1.165, 1.54) is 0 Å². The van der Waals surface area contributed by atoms with Crippen molar-refractivity contribution in [2.24, 2.45) is 0 Å². The Morgan fingerprint density at radius 2 is 1.70 bits per heavy atom. The van der Waals surface area contributed by atoms with Crippen LogP contribution in [0.1, 0.15) is 5.56 Å². The Balaban J connectivity index is 3.15. The summed E-state index contributed by atoms with van der Waals surface area (Å²) in [5.41, 5.74) is 3.08. The summed E-state index contributed by atoms with van der Waals surface area (Å²) in [5, 5.41) is 8.72. The van der Waals surface area contributed by atoms with Crippen LogP contribution in [0.15, 0.2) is 18.2 Å². The van der Waals surface area contributed by atoms with Gasteiger partial charge in [-0.15, -0.1) is 0 Å². The van der Waals surface area contributed by atoms with Crippen LogP contribution in [0, 0.1) is 0 Å². The van der Waals surface area contributed by atoms with Gasteiger partial charge in [0.15, 0.2) is 0 Å². The second kappa shape index (κ2) is 5.78. The number of alkyl halides is 6. The summed E-state index contributed by atoms with van der Waals surface area (Å²) in [7, 11) is 0. The predicted octanol–water partition coefficient (Wildman–Crippen LogP) is 2.65. The van der Waals surface area contributed by atoms with Gasteiger partial charge in [-0.05, 0) is 18.2 Å². The molecule has 0 atom stereocenters. The number of halogens is 6. The van der Waals surface area contributed by atoms with E-state index in [1.807, 2.05) is 0 Å². The van der Waals surface area contributed by atoms with Gasteiger partial charge >= 0.3 is 12.4 Å². The lowest BCUT2D eigenvalue weighted by molar-refractivity contribution is -0.136. The van der Waals surface area contributed by atoms with Crippen molar-refractivity contribution in [2.45, 2.75) is 12.4 Å². The molecule has 1 aromatic rings. The normalized spacial score (nSPS) is 12.6. The van der Waals surface area contributed by atoms with E-state index in [1.54, 1.807) is 0 Å². The Labute approximate surface area is 110 Å². The molecule has 0 amide bonds. The zero-order valence-corrected chi connectivity index (χ0v) is 10.1. The summed E-state index contributed by atoms with van der Waals surface area (Å²) in [5.74, 6) is 0. The maximum Gasteiger partial charge on any atom is 0.418 e. The number of rotatable bonds is 4. The van der Waals surface area contributed by atoms with Crippen molar-refractivity contribution >= 4 is 11.4 Å². The van der Waals surface area contributed by atoms with Crippen LogP contribution in [-0.4, -0.2) is 31.0 Å². The molecule has 0 aliphatic heterocycles. The molecule has 0 spiro atoms. The number of aliphatic hydroxyl groups excluding tert-OH is 1. The van der Waals surface area contributed by atoms with Crippen LogP contribution < -0.4 is 10.6 Å². The topological polar surface area (TPSA) is 49.5 Å². The number of nitrogen functional groups attached to an aromatic ring is 1. The minimum absolute atomic E-state index is 0.307. The van der Waals surface area contributed by atoms with Gasteiger partial charge in [-0.1, -0.05) is 0 Å². The minimum atomic E-state index is -4.76. The number of anilines is 2. The first-order valence-corrected chi connectivity index (χ1v) is 5.44. The van der Waals surface area contributed by atoms with E-state index in [9.17, 15) is 26.3 Å². The Kier molecular flexibility index (Phi) is 4.74. The third kappa shape index (κ3) is 4.48. The lowest BCUT2D eigenvalue weighted by atomic mass is 10.1. The van der Waals surface area contributed by atoms with Gasteiger partial charge in [0.05, 0.1) is 12.2 Å². The molecule has 0 aromatic heterocycles. The first-order valence-electron chi connectivity index (χ1n) is 5.44. The van der Waals surface area contributed by atoms with Crippen molar-refractivity contribution in [3.05, 3.63) is 23.8 Å². The average Bonchev–Trinajstić information content (AvgIpc) is 2.25. The van der Waals surface area contributed by atoms with E-state index in [-0.39, 0.29) is 5.69 Å². The molecule has 20 heavy (non-hydrogen) atoms. The third-order valence-corrected chi connectivity index (χ3v) is 2.45. The summed E-state index contributed by atoms with van der Waals surface area (Å²) in [6.45, 7) is -2.53. The highest BCUT2D eigenvalue weighted by Gasteiger charge is 2.35. The van der Waals surface area contributed by atoms with Gasteiger partial charge in [-0.25, -0.2) is 0 Å². The zero-order chi connectivity index (χ0) is 15.6. The highest BCUT2D eigenvalue weighted by Crippen LogP contribution is 2.36. The van der Waals surface area contributed by atoms with Gasteiger partial charge < -0.3 is 15.7 Å². The number of benzene rings is 1. The Morgan fingerprint density at radius 1 is 1.10 bits per heavy atom. The minimum Gasteiger partial charge on any atom is -0.398 e. The zero-order valence-electron chi connectivity index (χ0n) is 10.1. The summed E-state index contributed by atoms with van der Waals surface area (Å²) in [6, 6.07) is 2.47. The van der Waals surface area contributed by atoms with Crippen molar-refractivity contribution in [3.63, 3.8) is 0 Å². The summed E-state index contributed by atoms with van der Waals surface area (Å²) in [6.07, 6.45) is -9.36. The molecule has 0 saturated heterocycles. The molecule has 3 nitrogen and oxygen atoms in total.